The highest BCUT2D eigenvalue weighted by Gasteiger charge is 2.29. The molecule has 116 valence electrons. The van der Waals surface area contributed by atoms with Crippen molar-refractivity contribution >= 4 is 24.0 Å². The monoisotopic (exact) mass is 308 g/mol. The van der Waals surface area contributed by atoms with Crippen molar-refractivity contribution in [1.29, 1.82) is 0 Å². The maximum Gasteiger partial charge on any atom is 0.251 e. The molecule has 1 heterocycles. The number of fused-ring (bicyclic) bond motifs is 1. The number of carbonyl (C=O) groups is 1. The molecule has 1 saturated carbocycles. The van der Waals surface area contributed by atoms with E-state index in [0.29, 0.717) is 5.41 Å². The zero-order chi connectivity index (χ0) is 14.0. The summed E-state index contributed by atoms with van der Waals surface area (Å²) in [6.07, 6.45) is 7.19. The number of halogens is 1. The van der Waals surface area contributed by atoms with Crippen LogP contribution in [0.15, 0.2) is 18.2 Å². The second-order valence-corrected chi connectivity index (χ2v) is 6.56. The summed E-state index contributed by atoms with van der Waals surface area (Å²) in [6, 6.07) is 6.01. The van der Waals surface area contributed by atoms with Crippen molar-refractivity contribution < 1.29 is 4.79 Å². The minimum Gasteiger partial charge on any atom is -0.385 e. The fourth-order valence-electron chi connectivity index (χ4n) is 3.52. The molecule has 1 aliphatic heterocycles. The van der Waals surface area contributed by atoms with E-state index in [-0.39, 0.29) is 18.3 Å². The van der Waals surface area contributed by atoms with Crippen LogP contribution in [0.25, 0.3) is 0 Å². The van der Waals surface area contributed by atoms with Crippen molar-refractivity contribution in [2.45, 2.75) is 45.4 Å². The van der Waals surface area contributed by atoms with E-state index in [4.69, 9.17) is 0 Å². The first-order chi connectivity index (χ1) is 9.68. The smallest absolute Gasteiger partial charge is 0.251 e. The van der Waals surface area contributed by atoms with Crippen LogP contribution in [-0.4, -0.2) is 19.0 Å². The highest BCUT2D eigenvalue weighted by atomic mass is 35.5. The number of nitrogens with one attached hydrogen (secondary N) is 2. The quantitative estimate of drug-likeness (QED) is 0.892. The third-order valence-corrected chi connectivity index (χ3v) is 4.83. The van der Waals surface area contributed by atoms with Gasteiger partial charge in [-0.2, -0.15) is 0 Å². The van der Waals surface area contributed by atoms with Crippen LogP contribution in [0.2, 0.25) is 0 Å². The minimum atomic E-state index is 0. The Kier molecular flexibility index (Phi) is 5.15. The number of hydrogen-bond acceptors (Lipinski definition) is 2. The normalized spacial score (nSPS) is 19.1. The maximum absolute atomic E-state index is 12.5. The Bertz CT molecular complexity index is 510. The fraction of sp³-hybridized carbons (Fsp3) is 0.588. The predicted octanol–water partition coefficient (Wildman–Crippen LogP) is 3.78. The number of benzene rings is 1. The lowest BCUT2D eigenvalue weighted by atomic mass is 9.88. The van der Waals surface area contributed by atoms with Gasteiger partial charge in [-0.15, -0.1) is 12.4 Å². The Labute approximate surface area is 133 Å². The van der Waals surface area contributed by atoms with Gasteiger partial charge in [0.05, 0.1) is 0 Å². The van der Waals surface area contributed by atoms with Crippen molar-refractivity contribution in [3.05, 3.63) is 29.3 Å². The average Bonchev–Trinajstić information content (AvgIpc) is 2.91. The first-order valence-corrected chi connectivity index (χ1v) is 7.82. The zero-order valence-electron chi connectivity index (χ0n) is 12.7. The Balaban J connectivity index is 0.00000161. The minimum absolute atomic E-state index is 0. The summed E-state index contributed by atoms with van der Waals surface area (Å²) in [7, 11) is 0. The van der Waals surface area contributed by atoms with Gasteiger partial charge in [0.25, 0.3) is 5.91 Å². The molecule has 0 bridgehead atoms. The molecule has 0 radical (unpaired) electrons. The molecule has 3 rings (SSSR count). The van der Waals surface area contributed by atoms with Gasteiger partial charge in [0.2, 0.25) is 0 Å². The summed E-state index contributed by atoms with van der Waals surface area (Å²) in [6.45, 7) is 4.11. The Morgan fingerprint density at radius 2 is 2.05 bits per heavy atom. The molecular weight excluding hydrogens is 284 g/mol. The Hall–Kier alpha value is -1.22. The highest BCUT2D eigenvalue weighted by Crippen LogP contribution is 2.36. The molecule has 4 heteroatoms. The van der Waals surface area contributed by atoms with Crippen LogP contribution in [0.5, 0.6) is 0 Å². The van der Waals surface area contributed by atoms with Crippen molar-refractivity contribution in [3.8, 4) is 0 Å². The van der Waals surface area contributed by atoms with Gasteiger partial charge in [0, 0.05) is 24.3 Å². The van der Waals surface area contributed by atoms with Crippen LogP contribution in [0.1, 0.15) is 54.9 Å². The molecular formula is C17H25ClN2O. The third-order valence-electron chi connectivity index (χ3n) is 4.83. The molecule has 0 atom stereocenters. The molecule has 1 aromatic rings. The SMILES string of the molecule is CC1(CNC(=O)c2cccc3c2CCCN3)CCCC1.Cl. The van der Waals surface area contributed by atoms with Gasteiger partial charge in [-0.05, 0) is 48.8 Å². The van der Waals surface area contributed by atoms with Gasteiger partial charge in [-0.1, -0.05) is 25.8 Å². The lowest BCUT2D eigenvalue weighted by molar-refractivity contribution is 0.0933. The maximum atomic E-state index is 12.5. The average molecular weight is 309 g/mol. The molecule has 0 unspecified atom stereocenters. The van der Waals surface area contributed by atoms with E-state index < -0.39 is 0 Å². The van der Waals surface area contributed by atoms with E-state index in [1.807, 2.05) is 12.1 Å². The fourth-order valence-corrected chi connectivity index (χ4v) is 3.52. The number of anilines is 1. The van der Waals surface area contributed by atoms with Crippen molar-refractivity contribution in [3.63, 3.8) is 0 Å². The summed E-state index contributed by atoms with van der Waals surface area (Å²) < 4.78 is 0. The molecule has 2 aliphatic rings. The molecule has 0 aromatic heterocycles. The van der Waals surface area contributed by atoms with Crippen LogP contribution >= 0.6 is 12.4 Å². The highest BCUT2D eigenvalue weighted by molar-refractivity contribution is 5.97. The molecule has 0 spiro atoms. The molecule has 1 aliphatic carbocycles. The second-order valence-electron chi connectivity index (χ2n) is 6.56. The van der Waals surface area contributed by atoms with E-state index in [1.54, 1.807) is 0 Å². The molecule has 1 aromatic carbocycles. The molecule has 0 saturated heterocycles. The predicted molar refractivity (Wildman–Crippen MR) is 89.4 cm³/mol. The van der Waals surface area contributed by atoms with Crippen LogP contribution in [-0.2, 0) is 6.42 Å². The first kappa shape index (κ1) is 16.2. The zero-order valence-corrected chi connectivity index (χ0v) is 13.5. The summed E-state index contributed by atoms with van der Waals surface area (Å²) >= 11 is 0. The standard InChI is InChI=1S/C17H24N2O.ClH/c1-17(9-2-3-10-17)12-19-16(20)14-6-4-8-15-13(14)7-5-11-18-15;/h4,6,8,18H,2-3,5,7,9-12H2,1H3,(H,19,20);1H. The molecule has 3 nitrogen and oxygen atoms in total. The van der Waals surface area contributed by atoms with E-state index in [2.05, 4.69) is 23.6 Å². The van der Waals surface area contributed by atoms with E-state index >= 15 is 0 Å². The van der Waals surface area contributed by atoms with Crippen LogP contribution in [0.4, 0.5) is 5.69 Å². The Morgan fingerprint density at radius 1 is 1.29 bits per heavy atom. The van der Waals surface area contributed by atoms with Crippen LogP contribution in [0, 0.1) is 5.41 Å². The van der Waals surface area contributed by atoms with Gasteiger partial charge < -0.3 is 10.6 Å². The van der Waals surface area contributed by atoms with Crippen molar-refractivity contribution in [1.82, 2.24) is 5.32 Å². The Morgan fingerprint density at radius 3 is 2.81 bits per heavy atom. The number of amides is 1. The largest absolute Gasteiger partial charge is 0.385 e. The number of hydrogen-bond donors (Lipinski definition) is 2. The summed E-state index contributed by atoms with van der Waals surface area (Å²) in [5.74, 6) is 0.0960. The molecule has 1 amide bonds. The summed E-state index contributed by atoms with van der Waals surface area (Å²) in [5.41, 5.74) is 3.49. The number of rotatable bonds is 3. The van der Waals surface area contributed by atoms with Gasteiger partial charge in [-0.3, -0.25) is 4.79 Å². The lowest BCUT2D eigenvalue weighted by Crippen LogP contribution is -2.34. The number of carbonyl (C=O) groups excluding carboxylic acids is 1. The van der Waals surface area contributed by atoms with E-state index in [0.717, 1.165) is 37.2 Å². The van der Waals surface area contributed by atoms with Crippen LogP contribution in [0.3, 0.4) is 0 Å². The van der Waals surface area contributed by atoms with Gasteiger partial charge >= 0.3 is 0 Å². The first-order valence-electron chi connectivity index (χ1n) is 7.82. The summed E-state index contributed by atoms with van der Waals surface area (Å²) in [4.78, 5) is 12.5. The van der Waals surface area contributed by atoms with E-state index in [9.17, 15) is 4.79 Å². The second kappa shape index (κ2) is 6.69. The molecule has 21 heavy (non-hydrogen) atoms. The molecule has 1 fully saturated rings. The third kappa shape index (κ3) is 3.52. The van der Waals surface area contributed by atoms with Gasteiger partial charge in [0.1, 0.15) is 0 Å². The van der Waals surface area contributed by atoms with Gasteiger partial charge in [-0.25, -0.2) is 0 Å². The van der Waals surface area contributed by atoms with Crippen molar-refractivity contribution in [2.24, 2.45) is 5.41 Å². The topological polar surface area (TPSA) is 41.1 Å². The van der Waals surface area contributed by atoms with Crippen LogP contribution < -0.4 is 10.6 Å². The lowest BCUT2D eigenvalue weighted by Gasteiger charge is -2.25. The van der Waals surface area contributed by atoms with E-state index in [1.165, 1.54) is 31.2 Å². The van der Waals surface area contributed by atoms with Crippen molar-refractivity contribution in [2.75, 3.05) is 18.4 Å². The summed E-state index contributed by atoms with van der Waals surface area (Å²) in [5, 5.41) is 6.55. The van der Waals surface area contributed by atoms with Gasteiger partial charge in [0.15, 0.2) is 0 Å². The molecule has 2 N–H and O–H groups in total.